The zero-order valence-electron chi connectivity index (χ0n) is 20.8. The van der Waals surface area contributed by atoms with Gasteiger partial charge in [-0.3, -0.25) is 9.80 Å². The molecule has 1 aliphatic heterocycles. The van der Waals surface area contributed by atoms with Crippen LogP contribution in [0, 0.1) is 0 Å². The Balaban J connectivity index is 1.96. The summed E-state index contributed by atoms with van der Waals surface area (Å²) >= 11 is 0. The lowest BCUT2D eigenvalue weighted by Gasteiger charge is -2.22. The van der Waals surface area contributed by atoms with Gasteiger partial charge in [-0.15, -0.1) is 0 Å². The Morgan fingerprint density at radius 2 is 1.34 bits per heavy atom. The summed E-state index contributed by atoms with van der Waals surface area (Å²) in [6.07, 6.45) is 29.4. The zero-order valence-corrected chi connectivity index (χ0v) is 20.8. The number of aliphatic carboxylic acids is 1. The Morgan fingerprint density at radius 3 is 2.09 bits per heavy atom. The summed E-state index contributed by atoms with van der Waals surface area (Å²) in [6, 6.07) is 0. The molecule has 0 bridgehead atoms. The number of rotatable bonds is 9. The topological polar surface area (TPSA) is 52.9 Å². The van der Waals surface area contributed by atoms with Crippen molar-refractivity contribution in [2.24, 2.45) is 5.10 Å². The van der Waals surface area contributed by atoms with Gasteiger partial charge in [-0.05, 0) is 63.4 Å². The highest BCUT2D eigenvalue weighted by Gasteiger charge is 2.12. The number of nitrogens with zero attached hydrogens (tertiary/aromatic N) is 2. The second kappa shape index (κ2) is 18.1. The minimum Gasteiger partial charge on any atom is -0.481 e. The predicted molar refractivity (Wildman–Crippen MR) is 136 cm³/mol. The Labute approximate surface area is 197 Å². The monoisotopic (exact) mass is 446 g/mol. The van der Waals surface area contributed by atoms with Crippen molar-refractivity contribution in [3.63, 3.8) is 0 Å². The maximum atomic E-state index is 10.7. The van der Waals surface area contributed by atoms with Crippen molar-refractivity contribution in [1.82, 2.24) is 5.01 Å². The number of allylic oxidation sites excluding steroid dienone is 2. The molecule has 1 N–H and O–H groups in total. The van der Waals surface area contributed by atoms with E-state index in [1.54, 1.807) is 5.57 Å². The van der Waals surface area contributed by atoms with Crippen LogP contribution in [0.1, 0.15) is 141 Å². The molecular formula is C28H50N2O2. The van der Waals surface area contributed by atoms with E-state index in [9.17, 15) is 4.79 Å². The second-order valence-corrected chi connectivity index (χ2v) is 10.0. The van der Waals surface area contributed by atoms with Gasteiger partial charge in [0.2, 0.25) is 0 Å². The average molecular weight is 447 g/mol. The maximum Gasteiger partial charge on any atom is 0.303 e. The van der Waals surface area contributed by atoms with Crippen LogP contribution in [0.15, 0.2) is 16.8 Å². The van der Waals surface area contributed by atoms with Crippen molar-refractivity contribution in [3.8, 4) is 0 Å². The van der Waals surface area contributed by atoms with Crippen molar-refractivity contribution in [2.75, 3.05) is 13.1 Å². The molecule has 32 heavy (non-hydrogen) atoms. The summed E-state index contributed by atoms with van der Waals surface area (Å²) in [5, 5.41) is 16.5. The molecule has 0 aromatic heterocycles. The summed E-state index contributed by atoms with van der Waals surface area (Å²) in [4.78, 5) is 10.7. The molecule has 0 amide bonds. The molecule has 0 fully saturated rings. The molecule has 0 atom stereocenters. The van der Waals surface area contributed by atoms with Gasteiger partial charge in [-0.25, -0.2) is 0 Å². The first-order valence-electron chi connectivity index (χ1n) is 14.0. The van der Waals surface area contributed by atoms with Crippen LogP contribution < -0.4 is 0 Å². The highest BCUT2D eigenvalue weighted by Crippen LogP contribution is 2.22. The molecule has 4 nitrogen and oxygen atoms in total. The standard InChI is InChI=1S/C28H50N2O2/c31-28(32)23-17-11-7-13-19-25-30-24-18-12-6-5-10-16-22-27(29-30)26-20-14-8-3-1-2-4-9-15-21-26/h20H,1-19,21-25H2,(H,31,32)/b26-20+,29-27?. The van der Waals surface area contributed by atoms with Crippen molar-refractivity contribution in [2.45, 2.75) is 141 Å². The molecule has 0 aromatic carbocycles. The van der Waals surface area contributed by atoms with E-state index >= 15 is 0 Å². The van der Waals surface area contributed by atoms with E-state index in [0.29, 0.717) is 6.42 Å². The van der Waals surface area contributed by atoms with Crippen LogP contribution >= 0.6 is 0 Å². The fraction of sp³-hybridized carbons (Fsp3) is 0.857. The van der Waals surface area contributed by atoms with Gasteiger partial charge in [-0.2, -0.15) is 5.10 Å². The Bertz CT molecular complexity index is 556. The third kappa shape index (κ3) is 13.3. The molecule has 1 heterocycles. The van der Waals surface area contributed by atoms with E-state index in [4.69, 9.17) is 10.2 Å². The lowest BCUT2D eigenvalue weighted by atomic mass is 9.97. The first kappa shape index (κ1) is 26.9. The van der Waals surface area contributed by atoms with Crippen molar-refractivity contribution < 1.29 is 9.90 Å². The fourth-order valence-electron chi connectivity index (χ4n) is 5.04. The number of hydrogen-bond donors (Lipinski definition) is 1. The molecular weight excluding hydrogens is 396 g/mol. The van der Waals surface area contributed by atoms with Crippen LogP contribution in [0.25, 0.3) is 0 Å². The van der Waals surface area contributed by atoms with Crippen LogP contribution in [0.4, 0.5) is 0 Å². The largest absolute Gasteiger partial charge is 0.481 e. The number of carbonyl (C=O) groups is 1. The van der Waals surface area contributed by atoms with Gasteiger partial charge in [0.15, 0.2) is 0 Å². The molecule has 184 valence electrons. The molecule has 0 unspecified atom stereocenters. The van der Waals surface area contributed by atoms with Crippen LogP contribution in [0.2, 0.25) is 0 Å². The number of hydrazone groups is 1. The lowest BCUT2D eigenvalue weighted by molar-refractivity contribution is -0.137. The quantitative estimate of drug-likeness (QED) is 0.363. The number of carboxylic acid groups (broad SMARTS) is 1. The Kier molecular flexibility index (Phi) is 15.3. The fourth-order valence-corrected chi connectivity index (χ4v) is 5.04. The smallest absolute Gasteiger partial charge is 0.303 e. The highest BCUT2D eigenvalue weighted by atomic mass is 16.4. The van der Waals surface area contributed by atoms with Gasteiger partial charge >= 0.3 is 5.97 Å². The van der Waals surface area contributed by atoms with Gasteiger partial charge in [0.05, 0.1) is 5.71 Å². The third-order valence-corrected chi connectivity index (χ3v) is 7.06. The van der Waals surface area contributed by atoms with Crippen molar-refractivity contribution in [3.05, 3.63) is 11.6 Å². The van der Waals surface area contributed by atoms with Crippen LogP contribution in [-0.4, -0.2) is 34.9 Å². The molecule has 0 spiro atoms. The molecule has 2 rings (SSSR count). The van der Waals surface area contributed by atoms with Gasteiger partial charge in [0, 0.05) is 19.5 Å². The minimum atomic E-state index is -0.666. The maximum absolute atomic E-state index is 10.7. The van der Waals surface area contributed by atoms with E-state index < -0.39 is 5.97 Å². The van der Waals surface area contributed by atoms with E-state index in [1.165, 1.54) is 115 Å². The molecule has 0 aromatic rings. The van der Waals surface area contributed by atoms with E-state index in [-0.39, 0.29) is 0 Å². The van der Waals surface area contributed by atoms with Crippen LogP contribution in [0.3, 0.4) is 0 Å². The lowest BCUT2D eigenvalue weighted by Crippen LogP contribution is -2.23. The molecule has 0 radical (unpaired) electrons. The van der Waals surface area contributed by atoms with Crippen molar-refractivity contribution in [1.29, 1.82) is 0 Å². The normalized spacial score (nSPS) is 22.1. The third-order valence-electron chi connectivity index (χ3n) is 7.06. The highest BCUT2D eigenvalue weighted by molar-refractivity contribution is 5.99. The van der Waals surface area contributed by atoms with Gasteiger partial charge in [-0.1, -0.05) is 83.1 Å². The second-order valence-electron chi connectivity index (χ2n) is 10.0. The van der Waals surface area contributed by atoms with Gasteiger partial charge < -0.3 is 5.11 Å². The zero-order chi connectivity index (χ0) is 22.7. The number of hydrogen-bond acceptors (Lipinski definition) is 3. The van der Waals surface area contributed by atoms with Crippen molar-refractivity contribution >= 4 is 11.7 Å². The van der Waals surface area contributed by atoms with Gasteiger partial charge in [0.1, 0.15) is 0 Å². The first-order chi connectivity index (χ1) is 15.8. The Hall–Kier alpha value is -1.32. The van der Waals surface area contributed by atoms with E-state index in [1.807, 2.05) is 0 Å². The molecule has 0 saturated heterocycles. The first-order valence-corrected chi connectivity index (χ1v) is 14.0. The SMILES string of the molecule is O=C(O)CCCCCCCN1CCCCCCCCC(/C2=C/CCCCCCCCC2)=N1. The Morgan fingerprint density at radius 1 is 0.750 bits per heavy atom. The number of carboxylic acids is 1. The summed E-state index contributed by atoms with van der Waals surface area (Å²) < 4.78 is 0. The molecule has 0 saturated carbocycles. The summed E-state index contributed by atoms with van der Waals surface area (Å²) in [5.74, 6) is -0.666. The minimum absolute atomic E-state index is 0.314. The van der Waals surface area contributed by atoms with Gasteiger partial charge in [0.25, 0.3) is 0 Å². The molecule has 4 heteroatoms. The number of unbranched alkanes of at least 4 members (excludes halogenated alkanes) is 4. The summed E-state index contributed by atoms with van der Waals surface area (Å²) in [7, 11) is 0. The summed E-state index contributed by atoms with van der Waals surface area (Å²) in [6.45, 7) is 2.14. The van der Waals surface area contributed by atoms with E-state index in [0.717, 1.165) is 38.8 Å². The van der Waals surface area contributed by atoms with Crippen LogP contribution in [0.5, 0.6) is 0 Å². The predicted octanol–water partition coefficient (Wildman–Crippen LogP) is 8.26. The average Bonchev–Trinajstić information content (AvgIpc) is 2.87. The molecule has 1 aliphatic carbocycles. The van der Waals surface area contributed by atoms with E-state index in [2.05, 4.69) is 11.1 Å². The molecule has 2 aliphatic rings. The summed E-state index contributed by atoms with van der Waals surface area (Å²) in [5.41, 5.74) is 2.96. The van der Waals surface area contributed by atoms with Crippen LogP contribution in [-0.2, 0) is 4.79 Å².